The highest BCUT2D eigenvalue weighted by Crippen LogP contribution is 2.42. The predicted molar refractivity (Wildman–Crippen MR) is 105 cm³/mol. The van der Waals surface area contributed by atoms with Crippen LogP contribution in [-0.4, -0.2) is 44.0 Å². The third-order valence-electron chi connectivity index (χ3n) is 5.51. The molecule has 1 aromatic rings. The zero-order valence-corrected chi connectivity index (χ0v) is 16.6. The topological polar surface area (TPSA) is 89.2 Å². The van der Waals surface area contributed by atoms with E-state index < -0.39 is 6.03 Å². The smallest absolute Gasteiger partial charge is 0.332 e. The van der Waals surface area contributed by atoms with Crippen LogP contribution in [0.1, 0.15) is 43.9 Å². The molecule has 7 heteroatoms. The first-order valence-electron chi connectivity index (χ1n) is 9.53. The lowest BCUT2D eigenvalue weighted by molar-refractivity contribution is 0.147. The number of rotatable bonds is 5. The molecule has 3 rings (SSSR count). The number of carbonyl (C=O) groups is 1. The summed E-state index contributed by atoms with van der Waals surface area (Å²) in [5, 5.41) is 4.37. The first-order valence-corrected chi connectivity index (χ1v) is 9.53. The summed E-state index contributed by atoms with van der Waals surface area (Å²) < 4.78 is 11.0. The summed E-state index contributed by atoms with van der Waals surface area (Å²) in [6.07, 6.45) is 2.81. The van der Waals surface area contributed by atoms with E-state index in [-0.39, 0.29) is 6.04 Å². The second-order valence-corrected chi connectivity index (χ2v) is 7.78. The van der Waals surface area contributed by atoms with Gasteiger partial charge < -0.3 is 15.2 Å². The van der Waals surface area contributed by atoms with E-state index in [9.17, 15) is 4.79 Å². The zero-order valence-electron chi connectivity index (χ0n) is 16.6. The fourth-order valence-corrected chi connectivity index (χ4v) is 4.33. The predicted octanol–water partition coefficient (Wildman–Crippen LogP) is 2.69. The van der Waals surface area contributed by atoms with Crippen LogP contribution in [0.3, 0.4) is 0 Å². The Balaban J connectivity index is 1.93. The van der Waals surface area contributed by atoms with Gasteiger partial charge in [-0.2, -0.15) is 5.10 Å². The summed E-state index contributed by atoms with van der Waals surface area (Å²) in [7, 11) is 3.32. The maximum atomic E-state index is 11.2. The lowest BCUT2D eigenvalue weighted by Crippen LogP contribution is -2.47. The third-order valence-corrected chi connectivity index (χ3v) is 5.51. The number of primary amides is 1. The summed E-state index contributed by atoms with van der Waals surface area (Å²) in [6.45, 7) is 6.38. The molecule has 0 bridgehead atoms. The summed E-state index contributed by atoms with van der Waals surface area (Å²) in [4.78, 5) is 13.7. The molecule has 2 amide bonds. The van der Waals surface area contributed by atoms with Crippen molar-refractivity contribution in [2.75, 3.05) is 27.3 Å². The van der Waals surface area contributed by atoms with Crippen LogP contribution >= 0.6 is 0 Å². The monoisotopic (exact) mass is 374 g/mol. The minimum atomic E-state index is -0.622. The Kier molecular flexibility index (Phi) is 5.89. The van der Waals surface area contributed by atoms with Gasteiger partial charge in [-0.3, -0.25) is 4.90 Å². The van der Waals surface area contributed by atoms with Crippen LogP contribution in [0.2, 0.25) is 0 Å². The number of piperidine rings is 1. The Bertz CT molecular complexity index is 732. The van der Waals surface area contributed by atoms with Crippen LogP contribution in [0.5, 0.6) is 11.5 Å². The molecular formula is C20H30N4O3. The van der Waals surface area contributed by atoms with Crippen molar-refractivity contribution in [3.05, 3.63) is 23.3 Å². The number of hydrazone groups is 1. The number of amides is 2. The van der Waals surface area contributed by atoms with Gasteiger partial charge in [0, 0.05) is 37.2 Å². The van der Waals surface area contributed by atoms with Crippen molar-refractivity contribution in [3.63, 3.8) is 0 Å². The Hall–Kier alpha value is -2.28. The maximum Gasteiger partial charge on any atom is 0.332 e. The van der Waals surface area contributed by atoms with Crippen LogP contribution in [0.15, 0.2) is 17.2 Å². The molecule has 0 aliphatic carbocycles. The molecule has 2 aliphatic rings. The minimum absolute atomic E-state index is 0.227. The van der Waals surface area contributed by atoms with Crippen molar-refractivity contribution in [3.8, 4) is 11.5 Å². The van der Waals surface area contributed by atoms with Crippen LogP contribution in [0.25, 0.3) is 0 Å². The number of nitrogens with one attached hydrogen (secondary N) is 1. The van der Waals surface area contributed by atoms with Gasteiger partial charge in [-0.15, -0.1) is 0 Å². The van der Waals surface area contributed by atoms with Gasteiger partial charge in [-0.1, -0.05) is 13.8 Å². The molecular weight excluding hydrogens is 344 g/mol. The molecule has 0 radical (unpaired) electrons. The van der Waals surface area contributed by atoms with Gasteiger partial charge in [0.25, 0.3) is 0 Å². The molecule has 27 heavy (non-hydrogen) atoms. The Morgan fingerprint density at radius 2 is 2.04 bits per heavy atom. The number of urea groups is 1. The summed E-state index contributed by atoms with van der Waals surface area (Å²) in [5.41, 5.74) is 11.2. The molecule has 0 spiro atoms. The number of ether oxygens (including phenoxy) is 2. The Morgan fingerprint density at radius 3 is 2.67 bits per heavy atom. The lowest BCUT2D eigenvalue weighted by Gasteiger charge is -2.44. The normalized spacial score (nSPS) is 23.7. The van der Waals surface area contributed by atoms with Crippen molar-refractivity contribution < 1.29 is 14.3 Å². The minimum Gasteiger partial charge on any atom is -0.493 e. The molecule has 1 saturated heterocycles. The van der Waals surface area contributed by atoms with Crippen molar-refractivity contribution in [2.45, 2.75) is 39.2 Å². The summed E-state index contributed by atoms with van der Waals surface area (Å²) >= 11 is 0. The highest BCUT2D eigenvalue weighted by Gasteiger charge is 2.37. The standard InChI is InChI=1S/C20H30N4O3/c1-12(2)7-14-11-24-6-5-13-8-18(26-3)19(27-4)9-15(13)17(24)10-16(14)22-23-20(21)25/h8-9,12,14,17H,5-7,10-11H2,1-4H3,(H3,21,23,25)/b22-16+/t14-,17-/m1/s1. The van der Waals surface area contributed by atoms with Gasteiger partial charge in [0.2, 0.25) is 0 Å². The van der Waals surface area contributed by atoms with Crippen molar-refractivity contribution >= 4 is 11.7 Å². The number of carbonyl (C=O) groups excluding carboxylic acids is 1. The Morgan fingerprint density at radius 1 is 1.33 bits per heavy atom. The van der Waals surface area contributed by atoms with E-state index in [0.717, 1.165) is 49.6 Å². The van der Waals surface area contributed by atoms with Gasteiger partial charge >= 0.3 is 6.03 Å². The second-order valence-electron chi connectivity index (χ2n) is 7.78. The fraction of sp³-hybridized carbons (Fsp3) is 0.600. The van der Waals surface area contributed by atoms with Crippen LogP contribution < -0.4 is 20.6 Å². The van der Waals surface area contributed by atoms with Crippen LogP contribution in [0, 0.1) is 11.8 Å². The highest BCUT2D eigenvalue weighted by atomic mass is 16.5. The lowest BCUT2D eigenvalue weighted by atomic mass is 9.79. The first kappa shape index (κ1) is 19.5. The average Bonchev–Trinajstić information content (AvgIpc) is 2.64. The number of nitrogens with zero attached hydrogens (tertiary/aromatic N) is 2. The van der Waals surface area contributed by atoms with E-state index in [4.69, 9.17) is 15.2 Å². The van der Waals surface area contributed by atoms with Crippen molar-refractivity contribution in [2.24, 2.45) is 22.7 Å². The molecule has 0 unspecified atom stereocenters. The molecule has 2 heterocycles. The molecule has 1 fully saturated rings. The fourth-order valence-electron chi connectivity index (χ4n) is 4.33. The number of nitrogens with two attached hydrogens (primary N) is 1. The van der Waals surface area contributed by atoms with E-state index in [1.54, 1.807) is 14.2 Å². The molecule has 1 aromatic carbocycles. The SMILES string of the molecule is COc1cc2c(cc1OC)[C@H]1C/C(=N\NC(N)=O)[C@H](CC(C)C)CN1CC2. The van der Waals surface area contributed by atoms with Crippen LogP contribution in [-0.2, 0) is 6.42 Å². The molecule has 148 valence electrons. The summed E-state index contributed by atoms with van der Waals surface area (Å²) in [5.74, 6) is 2.40. The first-order chi connectivity index (χ1) is 12.9. The van der Waals surface area contributed by atoms with Crippen molar-refractivity contribution in [1.29, 1.82) is 0 Å². The number of hydrogen-bond acceptors (Lipinski definition) is 5. The van der Waals surface area contributed by atoms with Gasteiger partial charge in [-0.05, 0) is 42.0 Å². The van der Waals surface area contributed by atoms with E-state index in [1.807, 2.05) is 0 Å². The van der Waals surface area contributed by atoms with E-state index in [2.05, 4.69) is 41.4 Å². The quantitative estimate of drug-likeness (QED) is 0.776. The number of benzene rings is 1. The van der Waals surface area contributed by atoms with Gasteiger partial charge in [-0.25, -0.2) is 10.2 Å². The summed E-state index contributed by atoms with van der Waals surface area (Å²) in [6, 6.07) is 3.78. The molecule has 0 aromatic heterocycles. The highest BCUT2D eigenvalue weighted by molar-refractivity contribution is 5.89. The van der Waals surface area contributed by atoms with Gasteiger partial charge in [0.15, 0.2) is 11.5 Å². The van der Waals surface area contributed by atoms with E-state index in [1.165, 1.54) is 11.1 Å². The van der Waals surface area contributed by atoms with Gasteiger partial charge in [0.05, 0.1) is 14.2 Å². The van der Waals surface area contributed by atoms with Gasteiger partial charge in [0.1, 0.15) is 0 Å². The Labute approximate surface area is 160 Å². The molecule has 0 saturated carbocycles. The third kappa shape index (κ3) is 4.18. The number of hydrogen-bond donors (Lipinski definition) is 2. The van der Waals surface area contributed by atoms with Crippen LogP contribution in [0.4, 0.5) is 4.79 Å². The molecule has 3 N–H and O–H groups in total. The van der Waals surface area contributed by atoms with E-state index in [0.29, 0.717) is 11.8 Å². The molecule has 7 nitrogen and oxygen atoms in total. The second kappa shape index (κ2) is 8.17. The largest absolute Gasteiger partial charge is 0.493 e. The number of methoxy groups -OCH3 is 2. The van der Waals surface area contributed by atoms with E-state index >= 15 is 0 Å². The number of fused-ring (bicyclic) bond motifs is 3. The van der Waals surface area contributed by atoms with Crippen molar-refractivity contribution in [1.82, 2.24) is 10.3 Å². The molecule has 2 atom stereocenters. The maximum absolute atomic E-state index is 11.2. The molecule has 2 aliphatic heterocycles. The average molecular weight is 374 g/mol. The zero-order chi connectivity index (χ0) is 19.6.